The Labute approximate surface area is 188 Å². The van der Waals surface area contributed by atoms with Crippen LogP contribution in [0.4, 0.5) is 9.59 Å². The number of nitrogens with zero attached hydrogens (tertiary/aromatic N) is 2. The summed E-state index contributed by atoms with van der Waals surface area (Å²) in [6.07, 6.45) is 5.26. The zero-order chi connectivity index (χ0) is 21.5. The molecule has 0 bridgehead atoms. The molecule has 0 atom stereocenters. The van der Waals surface area contributed by atoms with Crippen LogP contribution in [0.3, 0.4) is 0 Å². The summed E-state index contributed by atoms with van der Waals surface area (Å²) in [5.41, 5.74) is -1.01. The van der Waals surface area contributed by atoms with Crippen molar-refractivity contribution in [3.8, 4) is 0 Å². The van der Waals surface area contributed by atoms with Crippen LogP contribution in [0.1, 0.15) is 38.5 Å². The van der Waals surface area contributed by atoms with Gasteiger partial charge in [0.05, 0.1) is 10.2 Å². The quantitative estimate of drug-likeness (QED) is 0.110. The van der Waals surface area contributed by atoms with E-state index in [1.807, 2.05) is 0 Å². The van der Waals surface area contributed by atoms with Gasteiger partial charge in [0.1, 0.15) is 11.1 Å². The van der Waals surface area contributed by atoms with Gasteiger partial charge in [0, 0.05) is 0 Å². The van der Waals surface area contributed by atoms with Crippen molar-refractivity contribution in [1.29, 1.82) is 0 Å². The molecule has 4 fully saturated rings. The minimum absolute atomic E-state index is 0. The second-order valence-corrected chi connectivity index (χ2v) is 6.14. The van der Waals surface area contributed by atoms with Crippen molar-refractivity contribution in [2.75, 3.05) is 0 Å². The topological polar surface area (TPSA) is 319 Å². The average molecular weight is 633 g/mol. The third-order valence-corrected chi connectivity index (χ3v) is 4.44. The first-order chi connectivity index (χ1) is 12.9. The van der Waals surface area contributed by atoms with Gasteiger partial charge in [-0.1, -0.05) is 0 Å². The van der Waals surface area contributed by atoms with Crippen LogP contribution >= 0.6 is 0 Å². The molecule has 19 heteroatoms. The van der Waals surface area contributed by atoms with Crippen molar-refractivity contribution in [1.82, 2.24) is 33.6 Å². The summed E-state index contributed by atoms with van der Waals surface area (Å²) < 4.78 is 0. The van der Waals surface area contributed by atoms with Gasteiger partial charge in [-0.15, -0.1) is 0 Å². The van der Waals surface area contributed by atoms with Gasteiger partial charge in [-0.05, 0) is 38.5 Å². The summed E-state index contributed by atoms with van der Waals surface area (Å²) in [6.45, 7) is 0. The number of carbonyl (C=O) groups excluding carboxylic acids is 4. The number of rotatable bonds is 0. The Balaban J connectivity index is -0.000000356. The Morgan fingerprint density at radius 1 is 0.645 bits per heavy atom. The van der Waals surface area contributed by atoms with E-state index in [1.54, 1.807) is 0 Å². The Morgan fingerprint density at radius 2 is 0.871 bits per heavy atom. The van der Waals surface area contributed by atoms with E-state index in [1.165, 1.54) is 0 Å². The molecule has 0 aromatic rings. The van der Waals surface area contributed by atoms with Crippen molar-refractivity contribution in [3.05, 3.63) is 30.6 Å². The summed E-state index contributed by atoms with van der Waals surface area (Å²) in [5, 5.41) is 39.2. The molecule has 0 unspecified atom stereocenters. The SMILES string of the molecule is N.N.O=C1NC(=O)C2(CCC2)N1.O=C1NC(=O)C2(CCC2)N1.O=[N+]([O-])[O-].O=[N+]([O-])[O-].[Pt+2]. The summed E-state index contributed by atoms with van der Waals surface area (Å²) in [5.74, 6) is -0.299. The van der Waals surface area contributed by atoms with E-state index in [9.17, 15) is 19.2 Å². The van der Waals surface area contributed by atoms with E-state index in [0.29, 0.717) is 0 Å². The van der Waals surface area contributed by atoms with Crippen LogP contribution < -0.4 is 33.6 Å². The van der Waals surface area contributed by atoms with Gasteiger partial charge in [0.15, 0.2) is 0 Å². The van der Waals surface area contributed by atoms with Gasteiger partial charge < -0.3 is 53.6 Å². The van der Waals surface area contributed by atoms with Crippen molar-refractivity contribution in [2.45, 2.75) is 49.6 Å². The Morgan fingerprint density at radius 3 is 0.935 bits per heavy atom. The molecule has 0 aromatic carbocycles. The van der Waals surface area contributed by atoms with Crippen LogP contribution in [-0.4, -0.2) is 45.1 Å². The number of carbonyl (C=O) groups is 4. The molecule has 0 aromatic heterocycles. The van der Waals surface area contributed by atoms with Crippen LogP contribution in [0.2, 0.25) is 0 Å². The predicted molar refractivity (Wildman–Crippen MR) is 97.3 cm³/mol. The Kier molecular flexibility index (Phi) is 13.9. The molecule has 2 spiro atoms. The molecule has 18 nitrogen and oxygen atoms in total. The monoisotopic (exact) mass is 633 g/mol. The zero-order valence-corrected chi connectivity index (χ0v) is 18.2. The Hall–Kier alpha value is -3.11. The standard InChI is InChI=1S/2C6H8N2O2.2NO3.2H3N.Pt/c2*9-4-6(2-1-3-6)8-5(10)7-4;2*2-1(3)4;;;/h2*1-3H2,(H2,7,8,9,10);;;2*1H3;/q;;2*-1;;;+2. The molecule has 2 saturated heterocycles. The predicted octanol–water partition coefficient (Wildman–Crippen LogP) is -0.660. The Bertz CT molecular complexity index is 631. The van der Waals surface area contributed by atoms with Crippen molar-refractivity contribution < 1.29 is 50.4 Å². The number of amides is 6. The number of hydrogen-bond donors (Lipinski definition) is 6. The fourth-order valence-corrected chi connectivity index (χ4v) is 2.82. The molecule has 4 aliphatic rings. The normalized spacial score (nSPS) is 19.4. The first-order valence-electron chi connectivity index (χ1n) is 7.83. The number of nitrogens with one attached hydrogen (secondary N) is 4. The molecule has 180 valence electrons. The van der Waals surface area contributed by atoms with Gasteiger partial charge in [0.2, 0.25) is 0 Å². The third-order valence-electron chi connectivity index (χ3n) is 4.44. The zero-order valence-electron chi connectivity index (χ0n) is 15.9. The minimum Gasteiger partial charge on any atom is -0.356 e. The molecule has 2 saturated carbocycles. The molecule has 6 amide bonds. The van der Waals surface area contributed by atoms with Crippen LogP contribution in [-0.2, 0) is 30.7 Å². The second kappa shape index (κ2) is 13.2. The molecule has 0 radical (unpaired) electrons. The van der Waals surface area contributed by atoms with E-state index in [-0.39, 0.29) is 57.2 Å². The largest absolute Gasteiger partial charge is 2.00 e. The van der Waals surface area contributed by atoms with E-state index >= 15 is 0 Å². The summed E-state index contributed by atoms with van der Waals surface area (Å²) >= 11 is 0. The van der Waals surface area contributed by atoms with Gasteiger partial charge in [0.25, 0.3) is 11.8 Å². The van der Waals surface area contributed by atoms with Crippen LogP contribution in [0, 0.1) is 30.6 Å². The number of imide groups is 2. The van der Waals surface area contributed by atoms with Crippen molar-refractivity contribution in [2.24, 2.45) is 0 Å². The van der Waals surface area contributed by atoms with Crippen molar-refractivity contribution >= 4 is 23.9 Å². The fraction of sp³-hybridized carbons (Fsp3) is 0.667. The van der Waals surface area contributed by atoms with Gasteiger partial charge in [-0.2, -0.15) is 0 Å². The molecule has 2 aliphatic carbocycles. The smallest absolute Gasteiger partial charge is 0.356 e. The molecular weight excluding hydrogens is 611 g/mol. The first-order valence-corrected chi connectivity index (χ1v) is 7.83. The fourth-order valence-electron chi connectivity index (χ4n) is 2.82. The van der Waals surface area contributed by atoms with Crippen LogP contribution in [0.15, 0.2) is 0 Å². The molecule has 2 heterocycles. The molecular formula is C12H22N8O10Pt. The summed E-state index contributed by atoms with van der Waals surface area (Å²) in [7, 11) is 0. The van der Waals surface area contributed by atoms with Crippen LogP contribution in [0.5, 0.6) is 0 Å². The first kappa shape index (κ1) is 32.6. The summed E-state index contributed by atoms with van der Waals surface area (Å²) in [6, 6.07) is -0.686. The number of hydrogen-bond acceptors (Lipinski definition) is 12. The van der Waals surface area contributed by atoms with E-state index in [2.05, 4.69) is 21.3 Å². The van der Waals surface area contributed by atoms with E-state index in [4.69, 9.17) is 30.6 Å². The van der Waals surface area contributed by atoms with Crippen LogP contribution in [0.25, 0.3) is 0 Å². The average Bonchev–Trinajstić information content (AvgIpc) is 2.93. The molecule has 4 rings (SSSR count). The minimum atomic E-state index is -1.75. The summed E-state index contributed by atoms with van der Waals surface area (Å²) in [4.78, 5) is 59.7. The second-order valence-electron chi connectivity index (χ2n) is 6.14. The van der Waals surface area contributed by atoms with Gasteiger partial charge >= 0.3 is 33.1 Å². The van der Waals surface area contributed by atoms with E-state index in [0.717, 1.165) is 38.5 Å². The number of urea groups is 2. The maximum atomic E-state index is 11.0. The van der Waals surface area contributed by atoms with Crippen molar-refractivity contribution in [3.63, 3.8) is 0 Å². The molecule has 10 N–H and O–H groups in total. The molecule has 31 heavy (non-hydrogen) atoms. The maximum Gasteiger partial charge on any atom is 2.00 e. The molecule has 2 aliphatic heterocycles. The van der Waals surface area contributed by atoms with Gasteiger partial charge in [-0.25, -0.2) is 9.59 Å². The van der Waals surface area contributed by atoms with E-state index < -0.39 is 21.3 Å². The van der Waals surface area contributed by atoms with Gasteiger partial charge in [-0.3, -0.25) is 20.2 Å². The third kappa shape index (κ3) is 9.05. The maximum absolute atomic E-state index is 11.0.